The third kappa shape index (κ3) is 3.96. The average molecular weight is 239 g/mol. The van der Waals surface area contributed by atoms with Gasteiger partial charge in [0.2, 0.25) is 0 Å². The molecule has 0 aromatic heterocycles. The predicted octanol–water partition coefficient (Wildman–Crippen LogP) is 3.36. The van der Waals surface area contributed by atoms with Gasteiger partial charge in [0.25, 0.3) is 0 Å². The Balaban J connectivity index is 1.76. The van der Waals surface area contributed by atoms with Crippen molar-refractivity contribution in [2.24, 2.45) is 11.8 Å². The Hall–Kier alpha value is -0.0800. The molecule has 17 heavy (non-hydrogen) atoms. The van der Waals surface area contributed by atoms with Gasteiger partial charge < -0.3 is 10.1 Å². The highest BCUT2D eigenvalue weighted by Crippen LogP contribution is 2.34. The molecular formula is C15H29NO. The molecule has 0 aromatic rings. The van der Waals surface area contributed by atoms with Gasteiger partial charge in [0.15, 0.2) is 0 Å². The highest BCUT2D eigenvalue weighted by molar-refractivity contribution is 4.84. The Kier molecular flexibility index (Phi) is 5.30. The summed E-state index contributed by atoms with van der Waals surface area (Å²) in [6, 6.07) is 0.716. The van der Waals surface area contributed by atoms with Crippen LogP contribution in [-0.2, 0) is 4.74 Å². The summed E-state index contributed by atoms with van der Waals surface area (Å²) in [4.78, 5) is 0. The van der Waals surface area contributed by atoms with Gasteiger partial charge in [-0.15, -0.1) is 0 Å². The molecule has 1 heterocycles. The number of nitrogens with one attached hydrogen (secondary N) is 1. The summed E-state index contributed by atoms with van der Waals surface area (Å²) in [5.41, 5.74) is 0. The molecule has 0 aromatic carbocycles. The number of ether oxygens (including phenoxy) is 1. The minimum absolute atomic E-state index is 0.547. The summed E-state index contributed by atoms with van der Waals surface area (Å²) in [5.74, 6) is 1.79. The fourth-order valence-corrected chi connectivity index (χ4v) is 3.35. The standard InChI is InChI=1S/C15H29NO/c1-3-9-16-14-8-10-17-15(11-14)13-6-4-12(2)5-7-13/h12-16H,3-11H2,1-2H3. The van der Waals surface area contributed by atoms with Crippen LogP contribution in [0.1, 0.15) is 58.8 Å². The molecule has 1 N–H and O–H groups in total. The van der Waals surface area contributed by atoms with Gasteiger partial charge >= 0.3 is 0 Å². The van der Waals surface area contributed by atoms with Crippen molar-refractivity contribution < 1.29 is 4.74 Å². The summed E-state index contributed by atoms with van der Waals surface area (Å²) in [6.07, 6.45) is 9.86. The van der Waals surface area contributed by atoms with Crippen LogP contribution in [-0.4, -0.2) is 25.3 Å². The molecule has 1 aliphatic heterocycles. The number of rotatable bonds is 4. The smallest absolute Gasteiger partial charge is 0.0618 e. The van der Waals surface area contributed by atoms with Crippen molar-refractivity contribution in [1.29, 1.82) is 0 Å². The van der Waals surface area contributed by atoms with Gasteiger partial charge in [-0.1, -0.05) is 26.7 Å². The molecule has 100 valence electrons. The lowest BCUT2D eigenvalue weighted by Gasteiger charge is -2.38. The highest BCUT2D eigenvalue weighted by Gasteiger charge is 2.31. The van der Waals surface area contributed by atoms with Crippen LogP contribution in [0.2, 0.25) is 0 Å². The molecule has 0 spiro atoms. The molecule has 2 atom stereocenters. The Labute approximate surface area is 107 Å². The van der Waals surface area contributed by atoms with Crippen molar-refractivity contribution in [3.8, 4) is 0 Å². The predicted molar refractivity (Wildman–Crippen MR) is 72.2 cm³/mol. The van der Waals surface area contributed by atoms with Crippen LogP contribution in [0.3, 0.4) is 0 Å². The second kappa shape index (κ2) is 6.75. The maximum Gasteiger partial charge on any atom is 0.0618 e. The van der Waals surface area contributed by atoms with Gasteiger partial charge in [0, 0.05) is 12.6 Å². The van der Waals surface area contributed by atoms with Gasteiger partial charge in [-0.05, 0) is 50.5 Å². The SMILES string of the molecule is CCCNC1CCOC(C2CCC(C)CC2)C1. The molecule has 0 amide bonds. The summed E-state index contributed by atoms with van der Waals surface area (Å²) in [5, 5.41) is 3.67. The number of hydrogen-bond acceptors (Lipinski definition) is 2. The summed E-state index contributed by atoms with van der Waals surface area (Å²) >= 11 is 0. The molecule has 0 radical (unpaired) electrons. The quantitative estimate of drug-likeness (QED) is 0.812. The molecule has 0 bridgehead atoms. The molecule has 1 saturated carbocycles. The van der Waals surface area contributed by atoms with Crippen LogP contribution >= 0.6 is 0 Å². The van der Waals surface area contributed by atoms with Gasteiger partial charge in [0.05, 0.1) is 6.10 Å². The van der Waals surface area contributed by atoms with Crippen molar-refractivity contribution >= 4 is 0 Å². The first-order chi connectivity index (χ1) is 8.29. The second-order valence-electron chi connectivity index (χ2n) is 6.10. The van der Waals surface area contributed by atoms with Gasteiger partial charge in [0.1, 0.15) is 0 Å². The minimum atomic E-state index is 0.547. The van der Waals surface area contributed by atoms with Crippen molar-refractivity contribution in [1.82, 2.24) is 5.32 Å². The van der Waals surface area contributed by atoms with Crippen LogP contribution in [0.15, 0.2) is 0 Å². The van der Waals surface area contributed by atoms with E-state index in [2.05, 4.69) is 19.2 Å². The first kappa shape index (κ1) is 13.4. The van der Waals surface area contributed by atoms with Crippen LogP contribution in [0.25, 0.3) is 0 Å². The van der Waals surface area contributed by atoms with Gasteiger partial charge in [-0.2, -0.15) is 0 Å². The van der Waals surface area contributed by atoms with E-state index < -0.39 is 0 Å². The van der Waals surface area contributed by atoms with E-state index in [4.69, 9.17) is 4.74 Å². The van der Waals surface area contributed by atoms with Gasteiger partial charge in [-0.3, -0.25) is 0 Å². The zero-order valence-corrected chi connectivity index (χ0v) is 11.6. The molecule has 2 aliphatic rings. The summed E-state index contributed by atoms with van der Waals surface area (Å²) in [6.45, 7) is 6.77. The van der Waals surface area contributed by atoms with Crippen molar-refractivity contribution in [2.75, 3.05) is 13.2 Å². The van der Waals surface area contributed by atoms with Crippen molar-refractivity contribution in [3.63, 3.8) is 0 Å². The van der Waals surface area contributed by atoms with Crippen LogP contribution < -0.4 is 5.32 Å². The third-order valence-electron chi connectivity index (χ3n) is 4.58. The Morgan fingerprint density at radius 3 is 2.59 bits per heavy atom. The third-order valence-corrected chi connectivity index (χ3v) is 4.58. The van der Waals surface area contributed by atoms with Crippen molar-refractivity contribution in [2.45, 2.75) is 70.9 Å². The fourth-order valence-electron chi connectivity index (χ4n) is 3.35. The van der Waals surface area contributed by atoms with E-state index in [0.717, 1.165) is 18.4 Å². The monoisotopic (exact) mass is 239 g/mol. The molecule has 2 fully saturated rings. The maximum absolute atomic E-state index is 6.02. The Bertz CT molecular complexity index is 211. The van der Waals surface area contributed by atoms with E-state index in [9.17, 15) is 0 Å². The Morgan fingerprint density at radius 2 is 1.88 bits per heavy atom. The van der Waals surface area contributed by atoms with E-state index in [0.29, 0.717) is 12.1 Å². The molecular weight excluding hydrogens is 210 g/mol. The van der Waals surface area contributed by atoms with Crippen LogP contribution in [0.4, 0.5) is 0 Å². The Morgan fingerprint density at radius 1 is 1.12 bits per heavy atom. The molecule has 2 heteroatoms. The maximum atomic E-state index is 6.02. The largest absolute Gasteiger partial charge is 0.378 e. The fraction of sp³-hybridized carbons (Fsp3) is 1.00. The van der Waals surface area contributed by atoms with E-state index in [1.807, 2.05) is 0 Å². The lowest BCUT2D eigenvalue weighted by atomic mass is 9.78. The molecule has 2 rings (SSSR count). The summed E-state index contributed by atoms with van der Waals surface area (Å²) in [7, 11) is 0. The van der Waals surface area contributed by atoms with Crippen LogP contribution in [0.5, 0.6) is 0 Å². The number of hydrogen-bond donors (Lipinski definition) is 1. The van der Waals surface area contributed by atoms with Crippen LogP contribution in [0, 0.1) is 11.8 Å². The molecule has 1 aliphatic carbocycles. The van der Waals surface area contributed by atoms with E-state index >= 15 is 0 Å². The second-order valence-corrected chi connectivity index (χ2v) is 6.10. The first-order valence-corrected chi connectivity index (χ1v) is 7.64. The highest BCUT2D eigenvalue weighted by atomic mass is 16.5. The normalized spacial score (nSPS) is 39.2. The zero-order chi connectivity index (χ0) is 12.1. The lowest BCUT2D eigenvalue weighted by Crippen LogP contribution is -2.42. The van der Waals surface area contributed by atoms with Gasteiger partial charge in [-0.25, -0.2) is 0 Å². The lowest BCUT2D eigenvalue weighted by molar-refractivity contribution is -0.0443. The van der Waals surface area contributed by atoms with Crippen molar-refractivity contribution in [3.05, 3.63) is 0 Å². The molecule has 1 saturated heterocycles. The first-order valence-electron chi connectivity index (χ1n) is 7.64. The summed E-state index contributed by atoms with van der Waals surface area (Å²) < 4.78 is 6.02. The van der Waals surface area contributed by atoms with E-state index in [-0.39, 0.29) is 0 Å². The molecule has 2 nitrogen and oxygen atoms in total. The zero-order valence-electron chi connectivity index (χ0n) is 11.6. The minimum Gasteiger partial charge on any atom is -0.378 e. The topological polar surface area (TPSA) is 21.3 Å². The average Bonchev–Trinajstić information content (AvgIpc) is 2.37. The van der Waals surface area contributed by atoms with E-state index in [1.165, 1.54) is 51.5 Å². The van der Waals surface area contributed by atoms with E-state index in [1.54, 1.807) is 0 Å². The molecule has 2 unspecified atom stereocenters.